The summed E-state index contributed by atoms with van der Waals surface area (Å²) in [6.45, 7) is 3.66. The van der Waals surface area contributed by atoms with E-state index < -0.39 is 22.0 Å². The second-order valence-electron chi connectivity index (χ2n) is 6.40. The summed E-state index contributed by atoms with van der Waals surface area (Å²) in [5.74, 6) is -0.632. The lowest BCUT2D eigenvalue weighted by Crippen LogP contribution is -2.48. The van der Waals surface area contributed by atoms with Crippen LogP contribution < -0.4 is 19.7 Å². The summed E-state index contributed by atoms with van der Waals surface area (Å²) in [6.07, 6.45) is 1.54. The van der Waals surface area contributed by atoms with Crippen LogP contribution in [0.5, 0.6) is 5.75 Å². The van der Waals surface area contributed by atoms with Crippen LogP contribution in [0.4, 0.5) is 11.4 Å². The number of ether oxygens (including phenoxy) is 1. The average Bonchev–Trinajstić information content (AvgIpc) is 2.70. The van der Waals surface area contributed by atoms with E-state index in [-0.39, 0.29) is 24.6 Å². The number of amides is 2. The van der Waals surface area contributed by atoms with Gasteiger partial charge in [-0.15, -0.1) is 6.58 Å². The Morgan fingerprint density at radius 1 is 1.21 bits per heavy atom. The molecule has 2 amide bonds. The van der Waals surface area contributed by atoms with Crippen LogP contribution in [-0.2, 0) is 14.8 Å². The number of nitrogens with zero attached hydrogens (tertiary/aromatic N) is 1. The van der Waals surface area contributed by atoms with Gasteiger partial charge in [-0.05, 0) is 24.3 Å². The zero-order valence-corrected chi connectivity index (χ0v) is 16.6. The Bertz CT molecular complexity index is 1050. The number of para-hydroxylation sites is 3. The Kier molecular flexibility index (Phi) is 5.88. The van der Waals surface area contributed by atoms with Gasteiger partial charge >= 0.3 is 0 Å². The normalized spacial score (nSPS) is 15.6. The highest BCUT2D eigenvalue weighted by atomic mass is 32.2. The molecule has 0 unspecified atom stereocenters. The van der Waals surface area contributed by atoms with Crippen LogP contribution in [-0.4, -0.2) is 45.7 Å². The summed E-state index contributed by atoms with van der Waals surface area (Å²) in [5, 5.41) is 5.32. The first-order valence-corrected chi connectivity index (χ1v) is 10.7. The first-order valence-electron chi connectivity index (χ1n) is 8.83. The number of benzene rings is 2. The maximum Gasteiger partial charge on any atom is 0.267 e. The smallest absolute Gasteiger partial charge is 0.267 e. The summed E-state index contributed by atoms with van der Waals surface area (Å²) < 4.78 is 31.3. The SMILES string of the molecule is C=CCNC(=O)c1ccccc1NC(=O)[C@H]1CN(S(C)(=O)=O)c2ccccc2O1. The van der Waals surface area contributed by atoms with E-state index in [1.54, 1.807) is 54.6 Å². The zero-order chi connectivity index (χ0) is 21.0. The number of sulfonamides is 1. The molecule has 1 aliphatic rings. The van der Waals surface area contributed by atoms with Crippen LogP contribution in [0.2, 0.25) is 0 Å². The van der Waals surface area contributed by atoms with E-state index >= 15 is 0 Å². The van der Waals surface area contributed by atoms with Gasteiger partial charge in [-0.1, -0.05) is 30.3 Å². The van der Waals surface area contributed by atoms with E-state index in [0.717, 1.165) is 10.6 Å². The highest BCUT2D eigenvalue weighted by Gasteiger charge is 2.35. The third-order valence-corrected chi connectivity index (χ3v) is 5.41. The molecule has 8 nitrogen and oxygen atoms in total. The second-order valence-corrected chi connectivity index (χ2v) is 8.31. The van der Waals surface area contributed by atoms with E-state index in [1.807, 2.05) is 0 Å². The maximum absolute atomic E-state index is 12.8. The van der Waals surface area contributed by atoms with Crippen molar-refractivity contribution in [3.63, 3.8) is 0 Å². The van der Waals surface area contributed by atoms with Crippen molar-refractivity contribution in [3.05, 3.63) is 66.7 Å². The van der Waals surface area contributed by atoms with Crippen LogP contribution >= 0.6 is 0 Å². The van der Waals surface area contributed by atoms with Crippen molar-refractivity contribution in [1.82, 2.24) is 5.32 Å². The molecule has 0 saturated carbocycles. The molecule has 0 radical (unpaired) electrons. The van der Waals surface area contributed by atoms with E-state index in [0.29, 0.717) is 17.1 Å². The zero-order valence-electron chi connectivity index (χ0n) is 15.8. The monoisotopic (exact) mass is 415 g/mol. The average molecular weight is 415 g/mol. The summed E-state index contributed by atoms with van der Waals surface area (Å²) in [7, 11) is -3.61. The quantitative estimate of drug-likeness (QED) is 0.700. The van der Waals surface area contributed by atoms with Crippen molar-refractivity contribution in [1.29, 1.82) is 0 Å². The minimum atomic E-state index is -3.61. The first kappa shape index (κ1) is 20.4. The highest BCUT2D eigenvalue weighted by molar-refractivity contribution is 7.92. The van der Waals surface area contributed by atoms with E-state index in [4.69, 9.17) is 4.74 Å². The van der Waals surface area contributed by atoms with Crippen LogP contribution in [0.3, 0.4) is 0 Å². The van der Waals surface area contributed by atoms with Gasteiger partial charge in [0.25, 0.3) is 11.8 Å². The summed E-state index contributed by atoms with van der Waals surface area (Å²) in [5.41, 5.74) is 0.953. The Balaban J connectivity index is 1.84. The standard InChI is InChI=1S/C20H21N3O5S/c1-3-12-21-19(24)14-8-4-5-9-15(14)22-20(25)18-13-23(29(2,26)27)16-10-6-7-11-17(16)28-18/h3-11,18H,1,12-13H2,2H3,(H,21,24)(H,22,25)/t18-/m1/s1. The molecule has 2 N–H and O–H groups in total. The molecule has 1 heterocycles. The molecule has 0 aliphatic carbocycles. The van der Waals surface area contributed by atoms with Gasteiger partial charge < -0.3 is 15.4 Å². The van der Waals surface area contributed by atoms with Crippen molar-refractivity contribution < 1.29 is 22.7 Å². The van der Waals surface area contributed by atoms with Crippen LogP contribution in [0.1, 0.15) is 10.4 Å². The van der Waals surface area contributed by atoms with Crippen molar-refractivity contribution in [2.24, 2.45) is 0 Å². The van der Waals surface area contributed by atoms with Crippen molar-refractivity contribution in [2.75, 3.05) is 29.0 Å². The van der Waals surface area contributed by atoms with Crippen LogP contribution in [0, 0.1) is 0 Å². The topological polar surface area (TPSA) is 105 Å². The number of hydrogen-bond acceptors (Lipinski definition) is 5. The van der Waals surface area contributed by atoms with E-state index in [9.17, 15) is 18.0 Å². The molecule has 0 bridgehead atoms. The van der Waals surface area contributed by atoms with Gasteiger partial charge in [0, 0.05) is 6.54 Å². The number of anilines is 2. The lowest BCUT2D eigenvalue weighted by molar-refractivity contribution is -0.122. The molecule has 3 rings (SSSR count). The summed E-state index contributed by atoms with van der Waals surface area (Å²) >= 11 is 0. The number of hydrogen-bond donors (Lipinski definition) is 2. The molecule has 0 spiro atoms. The molecule has 2 aromatic rings. The third-order valence-electron chi connectivity index (χ3n) is 4.26. The fourth-order valence-electron chi connectivity index (χ4n) is 2.92. The molecule has 152 valence electrons. The Morgan fingerprint density at radius 3 is 2.62 bits per heavy atom. The Hall–Kier alpha value is -3.33. The van der Waals surface area contributed by atoms with Gasteiger partial charge in [-0.2, -0.15) is 0 Å². The van der Waals surface area contributed by atoms with Crippen molar-refractivity contribution in [3.8, 4) is 5.75 Å². The molecular weight excluding hydrogens is 394 g/mol. The molecule has 1 aliphatic heterocycles. The molecular formula is C20H21N3O5S. The van der Waals surface area contributed by atoms with Crippen molar-refractivity contribution in [2.45, 2.75) is 6.10 Å². The molecule has 9 heteroatoms. The molecule has 1 atom stereocenters. The predicted molar refractivity (Wildman–Crippen MR) is 111 cm³/mol. The predicted octanol–water partition coefficient (Wildman–Crippen LogP) is 1.77. The number of rotatable bonds is 6. The molecule has 0 fully saturated rings. The first-order chi connectivity index (χ1) is 13.8. The lowest BCUT2D eigenvalue weighted by atomic mass is 10.1. The number of nitrogens with one attached hydrogen (secondary N) is 2. The van der Waals surface area contributed by atoms with Gasteiger partial charge in [0.05, 0.1) is 29.7 Å². The van der Waals surface area contributed by atoms with Gasteiger partial charge in [-0.25, -0.2) is 8.42 Å². The Morgan fingerprint density at radius 2 is 1.90 bits per heavy atom. The maximum atomic E-state index is 12.8. The number of carbonyl (C=O) groups is 2. The minimum absolute atomic E-state index is 0.174. The summed E-state index contributed by atoms with van der Waals surface area (Å²) in [4.78, 5) is 25.1. The minimum Gasteiger partial charge on any atom is -0.476 e. The largest absolute Gasteiger partial charge is 0.476 e. The third kappa shape index (κ3) is 4.57. The van der Waals surface area contributed by atoms with Gasteiger partial charge in [0.1, 0.15) is 5.75 Å². The van der Waals surface area contributed by atoms with Crippen LogP contribution in [0.15, 0.2) is 61.2 Å². The molecule has 0 aromatic heterocycles. The summed E-state index contributed by atoms with van der Waals surface area (Å²) in [6, 6.07) is 13.1. The fraction of sp³-hybridized carbons (Fsp3) is 0.200. The Labute approximate surface area is 169 Å². The molecule has 0 saturated heterocycles. The van der Waals surface area contributed by atoms with Gasteiger partial charge in [0.15, 0.2) is 6.10 Å². The lowest BCUT2D eigenvalue weighted by Gasteiger charge is -2.33. The molecule has 2 aromatic carbocycles. The van der Waals surface area contributed by atoms with Crippen molar-refractivity contribution >= 4 is 33.2 Å². The van der Waals surface area contributed by atoms with E-state index in [2.05, 4.69) is 17.2 Å². The fourth-order valence-corrected chi connectivity index (χ4v) is 3.83. The van der Waals surface area contributed by atoms with Crippen LogP contribution in [0.25, 0.3) is 0 Å². The number of carbonyl (C=O) groups excluding carboxylic acids is 2. The van der Waals surface area contributed by atoms with Gasteiger partial charge in [-0.3, -0.25) is 13.9 Å². The van der Waals surface area contributed by atoms with E-state index in [1.165, 1.54) is 0 Å². The molecule has 29 heavy (non-hydrogen) atoms. The second kappa shape index (κ2) is 8.36. The number of fused-ring (bicyclic) bond motifs is 1. The highest BCUT2D eigenvalue weighted by Crippen LogP contribution is 2.34. The van der Waals surface area contributed by atoms with Gasteiger partial charge in [0.2, 0.25) is 10.0 Å².